The summed E-state index contributed by atoms with van der Waals surface area (Å²) in [4.78, 5) is 0. The Labute approximate surface area is 106 Å². The van der Waals surface area contributed by atoms with Gasteiger partial charge in [-0.25, -0.2) is 4.39 Å². The van der Waals surface area contributed by atoms with Gasteiger partial charge in [-0.2, -0.15) is 0 Å². The molecule has 17 heavy (non-hydrogen) atoms. The zero-order valence-electron chi connectivity index (χ0n) is 9.82. The molecule has 3 rings (SSSR count). The summed E-state index contributed by atoms with van der Waals surface area (Å²) in [6.07, 6.45) is 3.60. The number of fused-ring (bicyclic) bond motifs is 2. The molecule has 0 radical (unpaired) electrons. The molecule has 1 aromatic carbocycles. The van der Waals surface area contributed by atoms with E-state index in [-0.39, 0.29) is 16.3 Å². The summed E-state index contributed by atoms with van der Waals surface area (Å²) in [6.45, 7) is 3.20. The molecule has 1 fully saturated rings. The molecule has 0 spiro atoms. The molecule has 2 aliphatic rings. The van der Waals surface area contributed by atoms with Crippen LogP contribution in [0.15, 0.2) is 12.1 Å². The van der Waals surface area contributed by atoms with Crippen LogP contribution in [0.1, 0.15) is 26.2 Å². The number of halogens is 2. The van der Waals surface area contributed by atoms with E-state index in [0.29, 0.717) is 6.04 Å². The molecule has 0 aromatic heterocycles. The van der Waals surface area contributed by atoms with Crippen molar-refractivity contribution in [3.8, 4) is 0 Å². The fraction of sp³-hybridized carbons (Fsp3) is 0.538. The highest BCUT2D eigenvalue weighted by Gasteiger charge is 2.40. The van der Waals surface area contributed by atoms with Gasteiger partial charge in [-0.05, 0) is 18.9 Å². The number of rotatable bonds is 0. The summed E-state index contributed by atoms with van der Waals surface area (Å²) >= 11 is 5.81. The lowest BCUT2D eigenvalue weighted by atomic mass is 9.85. The van der Waals surface area contributed by atoms with Crippen LogP contribution in [0.2, 0.25) is 5.02 Å². The van der Waals surface area contributed by atoms with E-state index in [1.54, 1.807) is 6.07 Å². The van der Waals surface area contributed by atoms with Gasteiger partial charge in [0, 0.05) is 24.1 Å². The molecule has 0 saturated heterocycles. The van der Waals surface area contributed by atoms with E-state index in [1.165, 1.54) is 18.9 Å². The standard InChI is InChI=1S/C13H16ClFN2/c1-13-4-2-3-12(13)17-11-6-9(15)8(14)5-10(11)16-7-13/h5-6,12,16-17H,2-4,7H2,1H3. The molecule has 1 saturated carbocycles. The van der Waals surface area contributed by atoms with Crippen LogP contribution in [0, 0.1) is 11.2 Å². The second-order valence-corrected chi connectivity index (χ2v) is 5.82. The van der Waals surface area contributed by atoms with E-state index in [2.05, 4.69) is 17.6 Å². The highest BCUT2D eigenvalue weighted by molar-refractivity contribution is 6.31. The Balaban J connectivity index is 2.00. The topological polar surface area (TPSA) is 24.1 Å². The Morgan fingerprint density at radius 1 is 1.41 bits per heavy atom. The molecule has 2 nitrogen and oxygen atoms in total. The Hall–Kier alpha value is -0.960. The summed E-state index contributed by atoms with van der Waals surface area (Å²) in [5.41, 5.74) is 2.00. The van der Waals surface area contributed by atoms with Crippen molar-refractivity contribution >= 4 is 23.0 Å². The van der Waals surface area contributed by atoms with E-state index in [4.69, 9.17) is 11.6 Å². The first kappa shape index (κ1) is 11.1. The molecule has 0 amide bonds. The Kier molecular flexibility index (Phi) is 2.47. The summed E-state index contributed by atoms with van der Waals surface area (Å²) in [6, 6.07) is 3.59. The van der Waals surface area contributed by atoms with Gasteiger partial charge in [0.1, 0.15) is 5.82 Å². The van der Waals surface area contributed by atoms with E-state index in [1.807, 2.05) is 0 Å². The largest absolute Gasteiger partial charge is 0.383 e. The lowest BCUT2D eigenvalue weighted by Crippen LogP contribution is -2.36. The lowest BCUT2D eigenvalue weighted by Gasteiger charge is -2.29. The van der Waals surface area contributed by atoms with Crippen molar-refractivity contribution in [1.82, 2.24) is 0 Å². The molecule has 1 heterocycles. The van der Waals surface area contributed by atoms with Crippen LogP contribution >= 0.6 is 11.6 Å². The lowest BCUT2D eigenvalue weighted by molar-refractivity contribution is 0.335. The molecule has 1 aliphatic carbocycles. The van der Waals surface area contributed by atoms with Gasteiger partial charge in [0.15, 0.2) is 0 Å². The molecule has 0 bridgehead atoms. The average Bonchev–Trinajstić information content (AvgIpc) is 2.58. The fourth-order valence-corrected chi connectivity index (χ4v) is 3.15. The van der Waals surface area contributed by atoms with E-state index >= 15 is 0 Å². The minimum Gasteiger partial charge on any atom is -0.383 e. The second-order valence-electron chi connectivity index (χ2n) is 5.41. The average molecular weight is 255 g/mol. The van der Waals surface area contributed by atoms with Crippen LogP contribution in [0.5, 0.6) is 0 Å². The van der Waals surface area contributed by atoms with Crippen molar-refractivity contribution in [1.29, 1.82) is 0 Å². The van der Waals surface area contributed by atoms with Gasteiger partial charge in [0.05, 0.1) is 16.4 Å². The molecule has 2 unspecified atom stereocenters. The summed E-state index contributed by atoms with van der Waals surface area (Å²) in [5, 5.41) is 7.04. The number of benzene rings is 1. The first-order valence-corrected chi connectivity index (χ1v) is 6.46. The van der Waals surface area contributed by atoms with Crippen molar-refractivity contribution in [2.45, 2.75) is 32.2 Å². The molecule has 2 atom stereocenters. The predicted molar refractivity (Wildman–Crippen MR) is 69.3 cm³/mol. The van der Waals surface area contributed by atoms with Crippen LogP contribution < -0.4 is 10.6 Å². The van der Waals surface area contributed by atoms with Gasteiger partial charge in [-0.15, -0.1) is 0 Å². The van der Waals surface area contributed by atoms with Crippen molar-refractivity contribution < 1.29 is 4.39 Å². The highest BCUT2D eigenvalue weighted by atomic mass is 35.5. The maximum absolute atomic E-state index is 13.5. The zero-order valence-corrected chi connectivity index (χ0v) is 10.6. The highest BCUT2D eigenvalue weighted by Crippen LogP contribution is 2.44. The van der Waals surface area contributed by atoms with Crippen LogP contribution in [0.25, 0.3) is 0 Å². The SMILES string of the molecule is CC12CCCC1Nc1cc(F)c(Cl)cc1NC2. The Bertz CT molecular complexity index is 463. The van der Waals surface area contributed by atoms with Crippen molar-refractivity contribution in [2.75, 3.05) is 17.2 Å². The first-order valence-electron chi connectivity index (χ1n) is 6.08. The third kappa shape index (κ3) is 1.77. The van der Waals surface area contributed by atoms with Gasteiger partial charge in [-0.1, -0.05) is 24.9 Å². The summed E-state index contributed by atoms with van der Waals surface area (Å²) in [7, 11) is 0. The Morgan fingerprint density at radius 3 is 3.06 bits per heavy atom. The van der Waals surface area contributed by atoms with Crippen LogP contribution in [-0.2, 0) is 0 Å². The monoisotopic (exact) mass is 254 g/mol. The number of hydrogen-bond acceptors (Lipinski definition) is 2. The summed E-state index contributed by atoms with van der Waals surface area (Å²) < 4.78 is 13.5. The maximum Gasteiger partial charge on any atom is 0.143 e. The molecule has 92 valence electrons. The fourth-order valence-electron chi connectivity index (χ4n) is 2.99. The first-order chi connectivity index (χ1) is 8.08. The zero-order chi connectivity index (χ0) is 12.0. The second kappa shape index (κ2) is 3.77. The van der Waals surface area contributed by atoms with Crippen LogP contribution in [0.4, 0.5) is 15.8 Å². The molecule has 1 aliphatic heterocycles. The third-order valence-corrected chi connectivity index (χ3v) is 4.44. The minimum atomic E-state index is -0.360. The number of hydrogen-bond donors (Lipinski definition) is 2. The molecular formula is C13H16ClFN2. The van der Waals surface area contributed by atoms with Crippen LogP contribution in [-0.4, -0.2) is 12.6 Å². The van der Waals surface area contributed by atoms with Crippen molar-refractivity contribution in [2.24, 2.45) is 5.41 Å². The molecule has 1 aromatic rings. The third-order valence-electron chi connectivity index (χ3n) is 4.15. The molecular weight excluding hydrogens is 239 g/mol. The van der Waals surface area contributed by atoms with Crippen LogP contribution in [0.3, 0.4) is 0 Å². The molecule has 2 N–H and O–H groups in total. The van der Waals surface area contributed by atoms with E-state index in [0.717, 1.165) is 24.3 Å². The molecule has 4 heteroatoms. The van der Waals surface area contributed by atoms with Gasteiger partial charge < -0.3 is 10.6 Å². The van der Waals surface area contributed by atoms with Gasteiger partial charge >= 0.3 is 0 Å². The summed E-state index contributed by atoms with van der Waals surface area (Å²) in [5.74, 6) is -0.360. The number of anilines is 2. The Morgan fingerprint density at radius 2 is 2.24 bits per heavy atom. The van der Waals surface area contributed by atoms with Gasteiger partial charge in [-0.3, -0.25) is 0 Å². The predicted octanol–water partition coefficient (Wildman–Crippen LogP) is 3.88. The smallest absolute Gasteiger partial charge is 0.143 e. The van der Waals surface area contributed by atoms with E-state index < -0.39 is 0 Å². The van der Waals surface area contributed by atoms with Crippen molar-refractivity contribution in [3.05, 3.63) is 23.0 Å². The minimum absolute atomic E-state index is 0.176. The van der Waals surface area contributed by atoms with Crippen molar-refractivity contribution in [3.63, 3.8) is 0 Å². The maximum atomic E-state index is 13.5. The quantitative estimate of drug-likeness (QED) is 0.734. The number of nitrogens with one attached hydrogen (secondary N) is 2. The van der Waals surface area contributed by atoms with Gasteiger partial charge in [0.25, 0.3) is 0 Å². The van der Waals surface area contributed by atoms with E-state index in [9.17, 15) is 4.39 Å². The normalized spacial score (nSPS) is 30.9. The van der Waals surface area contributed by atoms with Gasteiger partial charge in [0.2, 0.25) is 0 Å².